The molecule has 5 heteroatoms. The number of thiazole rings is 1. The molecule has 1 atom stereocenters. The Bertz CT molecular complexity index is 346. The summed E-state index contributed by atoms with van der Waals surface area (Å²) in [5, 5.41) is 0.395. The number of aryl methyl sites for hydroxylation is 1. The van der Waals surface area contributed by atoms with Gasteiger partial charge in [0.15, 0.2) is 5.01 Å². The summed E-state index contributed by atoms with van der Waals surface area (Å²) in [6.07, 6.45) is 0. The minimum absolute atomic E-state index is 0.264. The maximum atomic E-state index is 10.9. The molecule has 4 nitrogen and oxygen atoms in total. The average Bonchev–Trinajstić information content (AvgIpc) is 2.46. The lowest BCUT2D eigenvalue weighted by Crippen LogP contribution is -2.16. The van der Waals surface area contributed by atoms with Crippen LogP contribution in [0.5, 0.6) is 0 Å². The summed E-state index contributed by atoms with van der Waals surface area (Å²) < 4.78 is 0. The molecule has 0 aliphatic heterocycles. The maximum Gasteiger partial charge on any atom is 0.277 e. The van der Waals surface area contributed by atoms with Gasteiger partial charge < -0.3 is 10.6 Å². The standard InChI is InChI=1S/C9H15N3OS/c1-5-7(6(2)12(3)4)14-9(11-5)8(10)13/h6H,1-4H3,(H2,10,13). The second-order valence-corrected chi connectivity index (χ2v) is 4.50. The van der Waals surface area contributed by atoms with Gasteiger partial charge in [-0.3, -0.25) is 4.79 Å². The van der Waals surface area contributed by atoms with Crippen LogP contribution >= 0.6 is 11.3 Å². The first-order valence-electron chi connectivity index (χ1n) is 4.37. The normalized spacial score (nSPS) is 13.2. The van der Waals surface area contributed by atoms with Crippen molar-refractivity contribution in [3.05, 3.63) is 15.6 Å². The van der Waals surface area contributed by atoms with Gasteiger partial charge in [-0.15, -0.1) is 11.3 Å². The molecule has 0 bridgehead atoms. The van der Waals surface area contributed by atoms with Gasteiger partial charge in [0.05, 0.1) is 5.69 Å². The van der Waals surface area contributed by atoms with Gasteiger partial charge >= 0.3 is 0 Å². The second kappa shape index (κ2) is 4.06. The molecule has 1 rings (SSSR count). The highest BCUT2D eigenvalue weighted by molar-refractivity contribution is 7.13. The van der Waals surface area contributed by atoms with Crippen LogP contribution in [-0.2, 0) is 0 Å². The van der Waals surface area contributed by atoms with E-state index in [0.717, 1.165) is 10.6 Å². The van der Waals surface area contributed by atoms with Crippen molar-refractivity contribution in [1.82, 2.24) is 9.88 Å². The van der Waals surface area contributed by atoms with E-state index >= 15 is 0 Å². The molecule has 14 heavy (non-hydrogen) atoms. The third kappa shape index (κ3) is 2.10. The van der Waals surface area contributed by atoms with E-state index in [0.29, 0.717) is 5.01 Å². The zero-order chi connectivity index (χ0) is 10.9. The van der Waals surface area contributed by atoms with E-state index in [1.54, 1.807) is 0 Å². The number of primary amides is 1. The van der Waals surface area contributed by atoms with Crippen LogP contribution in [0.25, 0.3) is 0 Å². The zero-order valence-electron chi connectivity index (χ0n) is 8.87. The topological polar surface area (TPSA) is 59.2 Å². The summed E-state index contributed by atoms with van der Waals surface area (Å²) in [6, 6.07) is 0.264. The maximum absolute atomic E-state index is 10.9. The van der Waals surface area contributed by atoms with E-state index in [1.165, 1.54) is 11.3 Å². The fourth-order valence-corrected chi connectivity index (χ4v) is 2.20. The molecule has 0 fully saturated rings. The molecule has 78 valence electrons. The van der Waals surface area contributed by atoms with E-state index < -0.39 is 5.91 Å². The Hall–Kier alpha value is -0.940. The Kier molecular flexibility index (Phi) is 3.23. The lowest BCUT2D eigenvalue weighted by atomic mass is 10.2. The Balaban J connectivity index is 3.04. The average molecular weight is 213 g/mol. The quantitative estimate of drug-likeness (QED) is 0.820. The highest BCUT2D eigenvalue weighted by Crippen LogP contribution is 2.27. The summed E-state index contributed by atoms with van der Waals surface area (Å²) >= 11 is 1.38. The van der Waals surface area contributed by atoms with Crippen molar-refractivity contribution < 1.29 is 4.79 Å². The van der Waals surface area contributed by atoms with Crippen molar-refractivity contribution in [2.45, 2.75) is 19.9 Å². The lowest BCUT2D eigenvalue weighted by Gasteiger charge is -2.18. The van der Waals surface area contributed by atoms with Crippen LogP contribution in [0.2, 0.25) is 0 Å². The number of hydrogen-bond donors (Lipinski definition) is 1. The molecule has 0 aromatic carbocycles. The highest BCUT2D eigenvalue weighted by Gasteiger charge is 2.17. The summed E-state index contributed by atoms with van der Waals surface area (Å²) in [7, 11) is 3.99. The van der Waals surface area contributed by atoms with E-state index in [1.807, 2.05) is 21.0 Å². The van der Waals surface area contributed by atoms with Crippen LogP contribution in [0.3, 0.4) is 0 Å². The summed E-state index contributed by atoms with van der Waals surface area (Å²) in [5.74, 6) is -0.449. The largest absolute Gasteiger partial charge is 0.364 e. The van der Waals surface area contributed by atoms with Crippen LogP contribution in [0, 0.1) is 6.92 Å². The fourth-order valence-electron chi connectivity index (χ4n) is 1.14. The Morgan fingerprint density at radius 2 is 2.14 bits per heavy atom. The first kappa shape index (κ1) is 11.1. The summed E-state index contributed by atoms with van der Waals surface area (Å²) in [6.45, 7) is 3.98. The van der Waals surface area contributed by atoms with Gasteiger partial charge in [0.25, 0.3) is 5.91 Å². The van der Waals surface area contributed by atoms with Gasteiger partial charge in [0.2, 0.25) is 0 Å². The molecular formula is C9H15N3OS. The monoisotopic (exact) mass is 213 g/mol. The lowest BCUT2D eigenvalue weighted by molar-refractivity contribution is 0.1000. The first-order valence-corrected chi connectivity index (χ1v) is 5.18. The Morgan fingerprint density at radius 3 is 2.50 bits per heavy atom. The third-order valence-electron chi connectivity index (χ3n) is 2.20. The van der Waals surface area contributed by atoms with Crippen molar-refractivity contribution in [1.29, 1.82) is 0 Å². The summed E-state index contributed by atoms with van der Waals surface area (Å²) in [5.41, 5.74) is 6.06. The van der Waals surface area contributed by atoms with E-state index in [4.69, 9.17) is 5.73 Å². The number of nitrogens with two attached hydrogens (primary N) is 1. The predicted octanol–water partition coefficient (Wildman–Crippen LogP) is 1.17. The van der Waals surface area contributed by atoms with Gasteiger partial charge in [0, 0.05) is 10.9 Å². The fraction of sp³-hybridized carbons (Fsp3) is 0.556. The van der Waals surface area contributed by atoms with Crippen LogP contribution in [0.1, 0.15) is 33.3 Å². The second-order valence-electron chi connectivity index (χ2n) is 3.47. The number of hydrogen-bond acceptors (Lipinski definition) is 4. The minimum atomic E-state index is -0.449. The molecule has 0 aliphatic rings. The van der Waals surface area contributed by atoms with Gasteiger partial charge in [-0.05, 0) is 27.9 Å². The van der Waals surface area contributed by atoms with Crippen LogP contribution in [0.15, 0.2) is 0 Å². The molecule has 0 spiro atoms. The number of nitrogens with zero attached hydrogens (tertiary/aromatic N) is 2. The first-order chi connectivity index (χ1) is 6.43. The Labute approximate surface area is 87.7 Å². The van der Waals surface area contributed by atoms with Gasteiger partial charge in [-0.1, -0.05) is 0 Å². The van der Waals surface area contributed by atoms with Crippen LogP contribution < -0.4 is 5.73 Å². The molecule has 0 saturated heterocycles. The van der Waals surface area contributed by atoms with Gasteiger partial charge in [-0.25, -0.2) is 4.98 Å². The molecule has 1 amide bonds. The van der Waals surface area contributed by atoms with Crippen molar-refractivity contribution >= 4 is 17.2 Å². The van der Waals surface area contributed by atoms with Crippen molar-refractivity contribution in [3.8, 4) is 0 Å². The molecule has 1 unspecified atom stereocenters. The smallest absolute Gasteiger partial charge is 0.277 e. The molecule has 1 aromatic heterocycles. The molecule has 0 aliphatic carbocycles. The Morgan fingerprint density at radius 1 is 1.57 bits per heavy atom. The van der Waals surface area contributed by atoms with Crippen molar-refractivity contribution in [3.63, 3.8) is 0 Å². The van der Waals surface area contributed by atoms with Crippen LogP contribution in [-0.4, -0.2) is 29.9 Å². The SMILES string of the molecule is Cc1nc(C(N)=O)sc1C(C)N(C)C. The van der Waals surface area contributed by atoms with E-state index in [-0.39, 0.29) is 6.04 Å². The molecular weight excluding hydrogens is 198 g/mol. The number of carbonyl (C=O) groups excluding carboxylic acids is 1. The number of carbonyl (C=O) groups is 1. The van der Waals surface area contributed by atoms with Gasteiger partial charge in [0.1, 0.15) is 0 Å². The molecule has 1 heterocycles. The number of rotatable bonds is 3. The molecule has 0 saturated carbocycles. The zero-order valence-corrected chi connectivity index (χ0v) is 9.68. The van der Waals surface area contributed by atoms with Crippen molar-refractivity contribution in [2.24, 2.45) is 5.73 Å². The molecule has 2 N–H and O–H groups in total. The van der Waals surface area contributed by atoms with Crippen molar-refractivity contribution in [2.75, 3.05) is 14.1 Å². The third-order valence-corrected chi connectivity index (χ3v) is 3.54. The van der Waals surface area contributed by atoms with Crippen LogP contribution in [0.4, 0.5) is 0 Å². The van der Waals surface area contributed by atoms with E-state index in [9.17, 15) is 4.79 Å². The summed E-state index contributed by atoms with van der Waals surface area (Å²) in [4.78, 5) is 18.2. The molecule has 1 aromatic rings. The number of amides is 1. The van der Waals surface area contributed by atoms with E-state index in [2.05, 4.69) is 16.8 Å². The highest BCUT2D eigenvalue weighted by atomic mass is 32.1. The number of aromatic nitrogens is 1. The van der Waals surface area contributed by atoms with Gasteiger partial charge in [-0.2, -0.15) is 0 Å². The molecule has 0 radical (unpaired) electrons. The minimum Gasteiger partial charge on any atom is -0.364 e. The predicted molar refractivity (Wildman–Crippen MR) is 57.5 cm³/mol.